The second kappa shape index (κ2) is 4.04. The van der Waals surface area contributed by atoms with Gasteiger partial charge in [-0.1, -0.05) is 15.9 Å². The zero-order valence-corrected chi connectivity index (χ0v) is 11.6. The maximum Gasteiger partial charge on any atom is 0.0611 e. The Bertz CT molecular complexity index is 397. The first kappa shape index (κ1) is 11.9. The first-order valence-corrected chi connectivity index (χ1v) is 6.40. The molecule has 1 N–H and O–H groups in total. The lowest BCUT2D eigenvalue weighted by molar-refractivity contribution is 0.0639. The van der Waals surface area contributed by atoms with E-state index in [1.54, 1.807) is 0 Å². The van der Waals surface area contributed by atoms with Crippen molar-refractivity contribution in [3.05, 3.63) is 28.2 Å². The lowest BCUT2D eigenvalue weighted by Gasteiger charge is -2.28. The molecule has 0 fully saturated rings. The first-order valence-electron chi connectivity index (χ1n) is 5.60. The van der Waals surface area contributed by atoms with Gasteiger partial charge in [-0.3, -0.25) is 0 Å². The van der Waals surface area contributed by atoms with Crippen LogP contribution in [0.1, 0.15) is 25.8 Å². The van der Waals surface area contributed by atoms with Gasteiger partial charge in [-0.05, 0) is 50.5 Å². The highest BCUT2D eigenvalue weighted by atomic mass is 79.9. The van der Waals surface area contributed by atoms with Gasteiger partial charge in [-0.2, -0.15) is 0 Å². The number of likely N-dealkylation sites (N-methyl/N-ethyl adjacent to an activating group) is 1. The summed E-state index contributed by atoms with van der Waals surface area (Å²) >= 11 is 3.50. The summed E-state index contributed by atoms with van der Waals surface area (Å²) in [5.41, 5.74) is 2.06. The summed E-state index contributed by atoms with van der Waals surface area (Å²) < 4.78 is 1.13. The molecule has 0 radical (unpaired) electrons. The minimum atomic E-state index is -0.599. The molecule has 0 aromatic heterocycles. The molecule has 0 spiro atoms. The van der Waals surface area contributed by atoms with E-state index < -0.39 is 5.60 Å². The molecule has 0 amide bonds. The lowest BCUT2D eigenvalue weighted by atomic mass is 9.96. The summed E-state index contributed by atoms with van der Waals surface area (Å²) in [5, 5.41) is 9.89. The Balaban J connectivity index is 2.20. The molecule has 1 aromatic rings. The Labute approximate surface area is 105 Å². The number of halogens is 1. The van der Waals surface area contributed by atoms with Gasteiger partial charge >= 0.3 is 0 Å². The van der Waals surface area contributed by atoms with E-state index >= 15 is 0 Å². The molecule has 0 saturated carbocycles. The predicted octanol–water partition coefficient (Wildman–Crippen LogP) is 2.97. The van der Waals surface area contributed by atoms with Gasteiger partial charge in [-0.15, -0.1) is 0 Å². The summed E-state index contributed by atoms with van der Waals surface area (Å²) in [4.78, 5) is 2.28. The SMILES string of the molecule is CN1c2ccc(Br)cc2CC1CC(C)(C)O. The van der Waals surface area contributed by atoms with Crippen LogP contribution in [0.25, 0.3) is 0 Å². The van der Waals surface area contributed by atoms with Crippen molar-refractivity contribution in [3.8, 4) is 0 Å². The fourth-order valence-electron chi connectivity index (χ4n) is 2.43. The number of rotatable bonds is 2. The molecule has 0 bridgehead atoms. The summed E-state index contributed by atoms with van der Waals surface area (Å²) in [5.74, 6) is 0. The van der Waals surface area contributed by atoms with Gasteiger partial charge in [0.1, 0.15) is 0 Å². The third-order valence-corrected chi connectivity index (χ3v) is 3.65. The van der Waals surface area contributed by atoms with E-state index in [2.05, 4.69) is 46.1 Å². The van der Waals surface area contributed by atoms with Gasteiger partial charge in [0.05, 0.1) is 5.60 Å². The summed E-state index contributed by atoms with van der Waals surface area (Å²) in [7, 11) is 2.11. The molecule has 1 unspecified atom stereocenters. The Morgan fingerprint density at radius 2 is 2.19 bits per heavy atom. The zero-order valence-electron chi connectivity index (χ0n) is 10.00. The Morgan fingerprint density at radius 3 is 2.81 bits per heavy atom. The van der Waals surface area contributed by atoms with Gasteiger partial charge in [0, 0.05) is 23.2 Å². The molecular weight excluding hydrogens is 266 g/mol. The molecule has 0 saturated heterocycles. The normalized spacial score (nSPS) is 20.1. The van der Waals surface area contributed by atoms with Gasteiger partial charge in [0.15, 0.2) is 0 Å². The molecule has 88 valence electrons. The van der Waals surface area contributed by atoms with Crippen molar-refractivity contribution >= 4 is 21.6 Å². The van der Waals surface area contributed by atoms with Crippen LogP contribution in [0.15, 0.2) is 22.7 Å². The smallest absolute Gasteiger partial charge is 0.0611 e. The van der Waals surface area contributed by atoms with Gasteiger partial charge < -0.3 is 10.0 Å². The average molecular weight is 284 g/mol. The number of benzene rings is 1. The van der Waals surface area contributed by atoms with E-state index in [1.165, 1.54) is 11.3 Å². The van der Waals surface area contributed by atoms with Gasteiger partial charge in [0.2, 0.25) is 0 Å². The van der Waals surface area contributed by atoms with Gasteiger partial charge in [0.25, 0.3) is 0 Å². The van der Waals surface area contributed by atoms with E-state index in [0.29, 0.717) is 6.04 Å². The van der Waals surface area contributed by atoms with Crippen molar-refractivity contribution in [1.82, 2.24) is 0 Å². The molecule has 1 heterocycles. The second-order valence-corrected chi connectivity index (χ2v) is 6.17. The summed E-state index contributed by atoms with van der Waals surface area (Å²) in [6.45, 7) is 3.75. The second-order valence-electron chi connectivity index (χ2n) is 5.26. The molecule has 2 nitrogen and oxygen atoms in total. The molecule has 0 aliphatic carbocycles. The maximum absolute atomic E-state index is 9.89. The van der Waals surface area contributed by atoms with Crippen LogP contribution < -0.4 is 4.90 Å². The largest absolute Gasteiger partial charge is 0.390 e. The summed E-state index contributed by atoms with van der Waals surface area (Å²) in [6.07, 6.45) is 1.82. The molecule has 2 rings (SSSR count). The predicted molar refractivity (Wildman–Crippen MR) is 71.0 cm³/mol. The highest BCUT2D eigenvalue weighted by molar-refractivity contribution is 9.10. The average Bonchev–Trinajstić information content (AvgIpc) is 2.40. The fourth-order valence-corrected chi connectivity index (χ4v) is 2.84. The molecule has 3 heteroatoms. The van der Waals surface area contributed by atoms with Crippen molar-refractivity contribution in [2.75, 3.05) is 11.9 Å². The standard InChI is InChI=1S/C13H18BrNO/c1-13(2,16)8-11-7-9-6-10(14)4-5-12(9)15(11)3/h4-6,11,16H,7-8H2,1-3H3. The minimum Gasteiger partial charge on any atom is -0.390 e. The number of aliphatic hydroxyl groups is 1. The molecule has 1 aliphatic heterocycles. The quantitative estimate of drug-likeness (QED) is 0.902. The Morgan fingerprint density at radius 1 is 1.50 bits per heavy atom. The highest BCUT2D eigenvalue weighted by Gasteiger charge is 2.30. The number of fused-ring (bicyclic) bond motifs is 1. The number of hydrogen-bond acceptors (Lipinski definition) is 2. The number of anilines is 1. The topological polar surface area (TPSA) is 23.5 Å². The first-order chi connectivity index (χ1) is 7.37. The van der Waals surface area contributed by atoms with Crippen LogP contribution in [0.5, 0.6) is 0 Å². The van der Waals surface area contributed by atoms with Crippen molar-refractivity contribution in [2.45, 2.75) is 38.3 Å². The Kier molecular flexibility index (Phi) is 3.01. The summed E-state index contributed by atoms with van der Waals surface area (Å²) in [6, 6.07) is 6.80. The third kappa shape index (κ3) is 2.41. The van der Waals surface area contributed by atoms with Crippen molar-refractivity contribution < 1.29 is 5.11 Å². The molecule has 1 aromatic carbocycles. The highest BCUT2D eigenvalue weighted by Crippen LogP contribution is 2.35. The van der Waals surface area contributed by atoms with Crippen LogP contribution in [0.3, 0.4) is 0 Å². The monoisotopic (exact) mass is 283 g/mol. The fraction of sp³-hybridized carbons (Fsp3) is 0.538. The van der Waals surface area contributed by atoms with E-state index in [4.69, 9.17) is 0 Å². The van der Waals surface area contributed by atoms with E-state index in [1.807, 2.05) is 13.8 Å². The lowest BCUT2D eigenvalue weighted by Crippen LogP contribution is -2.35. The van der Waals surface area contributed by atoms with Crippen LogP contribution in [0.2, 0.25) is 0 Å². The minimum absolute atomic E-state index is 0.407. The van der Waals surface area contributed by atoms with E-state index in [0.717, 1.165) is 17.3 Å². The number of nitrogens with zero attached hydrogens (tertiary/aromatic N) is 1. The third-order valence-electron chi connectivity index (χ3n) is 3.16. The van der Waals surface area contributed by atoms with Crippen LogP contribution in [0.4, 0.5) is 5.69 Å². The zero-order chi connectivity index (χ0) is 11.9. The van der Waals surface area contributed by atoms with Gasteiger partial charge in [-0.25, -0.2) is 0 Å². The Hall–Kier alpha value is -0.540. The molecular formula is C13H18BrNO. The molecule has 16 heavy (non-hydrogen) atoms. The van der Waals surface area contributed by atoms with Crippen LogP contribution in [-0.2, 0) is 6.42 Å². The van der Waals surface area contributed by atoms with Crippen LogP contribution in [0, 0.1) is 0 Å². The van der Waals surface area contributed by atoms with E-state index in [-0.39, 0.29) is 0 Å². The molecule has 1 atom stereocenters. The van der Waals surface area contributed by atoms with E-state index in [9.17, 15) is 5.11 Å². The molecule has 1 aliphatic rings. The maximum atomic E-state index is 9.89. The van der Waals surface area contributed by atoms with Crippen LogP contribution >= 0.6 is 15.9 Å². The number of hydrogen-bond donors (Lipinski definition) is 1. The van der Waals surface area contributed by atoms with Crippen molar-refractivity contribution in [1.29, 1.82) is 0 Å². The van der Waals surface area contributed by atoms with Crippen molar-refractivity contribution in [2.24, 2.45) is 0 Å². The van der Waals surface area contributed by atoms with Crippen molar-refractivity contribution in [3.63, 3.8) is 0 Å². The van der Waals surface area contributed by atoms with Crippen LogP contribution in [-0.4, -0.2) is 23.8 Å².